The van der Waals surface area contributed by atoms with Gasteiger partial charge in [0, 0.05) is 36.3 Å². The summed E-state index contributed by atoms with van der Waals surface area (Å²) in [7, 11) is 0. The Morgan fingerprint density at radius 1 is 0.478 bits per heavy atom. The van der Waals surface area contributed by atoms with Crippen LogP contribution in [-0.4, -0.2) is 55.3 Å². The summed E-state index contributed by atoms with van der Waals surface area (Å²) in [4.78, 5) is 66.8. The number of aromatic nitrogens is 4. The second kappa shape index (κ2) is 26.3. The predicted octanol–water partition coefficient (Wildman–Crippen LogP) is 11.1. The molecule has 0 unspecified atom stereocenters. The Bertz CT molecular complexity index is 2920. The summed E-state index contributed by atoms with van der Waals surface area (Å²) in [5.74, 6) is 1.12. The van der Waals surface area contributed by atoms with Crippen molar-refractivity contribution in [1.82, 2.24) is 29.7 Å². The molecule has 0 aliphatic rings. The van der Waals surface area contributed by atoms with E-state index < -0.39 is 0 Å². The number of imidazole rings is 2. The van der Waals surface area contributed by atoms with E-state index in [-0.39, 0.29) is 36.2 Å². The number of nitrogens with zero attached hydrogens (tertiary/aromatic N) is 4. The third kappa shape index (κ3) is 15.8. The molecule has 2 N–H and O–H groups in total. The Labute approximate surface area is 403 Å². The van der Waals surface area contributed by atoms with Crippen LogP contribution < -0.4 is 10.6 Å². The predicted molar refractivity (Wildman–Crippen MR) is 269 cm³/mol. The summed E-state index contributed by atoms with van der Waals surface area (Å²) in [6.07, 6.45) is 7.26. The minimum Gasteiger partial charge on any atom is -0.350 e. The lowest BCUT2D eigenvalue weighted by molar-refractivity contribution is -0.193. The number of hydrogen-bond donors (Lipinski definition) is 2. The van der Waals surface area contributed by atoms with E-state index in [9.17, 15) is 9.59 Å². The molecule has 0 saturated heterocycles. The molecule has 0 aliphatic heterocycles. The minimum absolute atomic E-state index is 0.0331. The molecule has 12 nitrogen and oxygen atoms in total. The monoisotopic (exact) mass is 924 g/mol. The van der Waals surface area contributed by atoms with Crippen LogP contribution in [0.5, 0.6) is 0 Å². The van der Waals surface area contributed by atoms with Crippen LogP contribution >= 0.6 is 0 Å². The standard InChI is InChI=1S/C28H31N3O.C27H29N3O.2CO2/c1-20(2)9-10-21(3)30-28(32)25-15-16-27-26(17-25)29-19-31(27)18-22-11-13-24(14-12-22)23-7-5-4-6-8-23;1-19(2)15-20(3)29-27(31)24-13-14-26-25(16-24)28-18-30(26)17-21-9-11-23(12-10-21)22-7-5-4-6-8-22;2*2-1-3/h4-8,11-17,19-21H,9-10,18H2,1-3H3,(H,30,32);4-14,16,18-20H,15,17H2,1-3H3,(H,29,31);;/t21-;20-;;/m00../s1. The van der Waals surface area contributed by atoms with Gasteiger partial charge < -0.3 is 19.8 Å². The largest absolute Gasteiger partial charge is 0.373 e. The molecule has 6 aromatic carbocycles. The second-order valence-electron chi connectivity index (χ2n) is 17.8. The van der Waals surface area contributed by atoms with Gasteiger partial charge in [0.05, 0.1) is 34.7 Å². The summed E-state index contributed by atoms with van der Waals surface area (Å²) in [6.45, 7) is 14.3. The quantitative estimate of drug-likeness (QED) is 0.103. The molecule has 0 spiro atoms. The van der Waals surface area contributed by atoms with Crippen LogP contribution in [-0.2, 0) is 32.3 Å². The Morgan fingerprint density at radius 2 is 0.855 bits per heavy atom. The number of carbonyl (C=O) groups is 2. The van der Waals surface area contributed by atoms with E-state index in [4.69, 9.17) is 19.2 Å². The van der Waals surface area contributed by atoms with E-state index in [0.29, 0.717) is 23.0 Å². The van der Waals surface area contributed by atoms with Gasteiger partial charge in [0.25, 0.3) is 11.8 Å². The summed E-state index contributed by atoms with van der Waals surface area (Å²) >= 11 is 0. The molecule has 354 valence electrons. The molecular weight excluding hydrogens is 865 g/mol. The zero-order chi connectivity index (χ0) is 49.7. The zero-order valence-electron chi connectivity index (χ0n) is 40.1. The van der Waals surface area contributed by atoms with E-state index in [0.717, 1.165) is 54.4 Å². The second-order valence-corrected chi connectivity index (χ2v) is 17.8. The number of rotatable bonds is 15. The van der Waals surface area contributed by atoms with Crippen molar-refractivity contribution in [3.05, 3.63) is 181 Å². The van der Waals surface area contributed by atoms with Gasteiger partial charge in [-0.2, -0.15) is 19.2 Å². The van der Waals surface area contributed by atoms with Gasteiger partial charge in [0.2, 0.25) is 0 Å². The molecule has 8 aromatic rings. The molecule has 12 heteroatoms. The first-order chi connectivity index (χ1) is 33.3. The van der Waals surface area contributed by atoms with Crippen molar-refractivity contribution < 1.29 is 28.8 Å². The van der Waals surface area contributed by atoms with E-state index in [2.05, 4.69) is 161 Å². The Morgan fingerprint density at radius 3 is 1.23 bits per heavy atom. The van der Waals surface area contributed by atoms with Crippen LogP contribution in [0.1, 0.15) is 92.6 Å². The number of carbonyl (C=O) groups excluding carboxylic acids is 6. The third-order valence-corrected chi connectivity index (χ3v) is 11.4. The molecular formula is C57H60N6O6. The Hall–Kier alpha value is -8.04. The first-order valence-corrected chi connectivity index (χ1v) is 23.1. The Kier molecular flexibility index (Phi) is 19.8. The molecule has 0 saturated carbocycles. The van der Waals surface area contributed by atoms with Gasteiger partial charge in [-0.25, -0.2) is 9.97 Å². The van der Waals surface area contributed by atoms with Crippen LogP contribution in [0.4, 0.5) is 0 Å². The molecule has 0 aliphatic carbocycles. The van der Waals surface area contributed by atoms with Crippen LogP contribution in [0.2, 0.25) is 0 Å². The minimum atomic E-state index is -0.0406. The maximum absolute atomic E-state index is 12.6. The topological polar surface area (TPSA) is 162 Å². The van der Waals surface area contributed by atoms with Crippen LogP contribution in [0.25, 0.3) is 44.3 Å². The highest BCUT2D eigenvalue weighted by Gasteiger charge is 2.15. The van der Waals surface area contributed by atoms with Gasteiger partial charge in [-0.05, 0) is 115 Å². The van der Waals surface area contributed by atoms with E-state index in [1.54, 1.807) is 0 Å². The molecule has 2 atom stereocenters. The molecule has 2 heterocycles. The summed E-state index contributed by atoms with van der Waals surface area (Å²) in [5.41, 5.74) is 12.3. The lowest BCUT2D eigenvalue weighted by Gasteiger charge is -2.16. The lowest BCUT2D eigenvalue weighted by atomic mass is 10.0. The first kappa shape index (κ1) is 51.9. The fraction of sp³-hybridized carbons (Fsp3) is 0.263. The molecule has 0 radical (unpaired) electrons. The van der Waals surface area contributed by atoms with Gasteiger partial charge in [-0.3, -0.25) is 9.59 Å². The highest BCUT2D eigenvalue weighted by atomic mass is 16.2. The maximum Gasteiger partial charge on any atom is 0.373 e. The Balaban J connectivity index is 0.000000231. The van der Waals surface area contributed by atoms with Crippen molar-refractivity contribution in [2.45, 2.75) is 86.0 Å². The van der Waals surface area contributed by atoms with Gasteiger partial charge in [0.1, 0.15) is 0 Å². The SMILES string of the molecule is CC(C)CC[C@H](C)NC(=O)c1ccc2c(c1)ncn2Cc1ccc(-c2ccccc2)cc1.CC(C)C[C@H](C)NC(=O)c1ccc2c(c1)ncn2Cc1ccc(-c2ccccc2)cc1.O=C=O.O=C=O. The van der Waals surface area contributed by atoms with E-state index >= 15 is 0 Å². The number of fused-ring (bicyclic) bond motifs is 2. The van der Waals surface area contributed by atoms with Gasteiger partial charge in [0.15, 0.2) is 0 Å². The number of amides is 2. The van der Waals surface area contributed by atoms with Crippen molar-refractivity contribution in [3.8, 4) is 22.3 Å². The van der Waals surface area contributed by atoms with Crippen molar-refractivity contribution >= 4 is 46.2 Å². The van der Waals surface area contributed by atoms with Gasteiger partial charge in [-0.1, -0.05) is 137 Å². The van der Waals surface area contributed by atoms with Crippen molar-refractivity contribution in [1.29, 1.82) is 0 Å². The molecule has 0 bridgehead atoms. The molecule has 8 rings (SSSR count). The maximum atomic E-state index is 12.6. The molecule has 69 heavy (non-hydrogen) atoms. The van der Waals surface area contributed by atoms with Crippen molar-refractivity contribution in [2.75, 3.05) is 0 Å². The van der Waals surface area contributed by atoms with Gasteiger partial charge >= 0.3 is 12.3 Å². The fourth-order valence-corrected chi connectivity index (χ4v) is 7.96. The highest BCUT2D eigenvalue weighted by Crippen LogP contribution is 2.24. The summed E-state index contributed by atoms with van der Waals surface area (Å²) < 4.78 is 4.25. The number of nitrogens with one attached hydrogen (secondary N) is 2. The summed E-state index contributed by atoms with van der Waals surface area (Å²) in [6, 6.07) is 49.9. The van der Waals surface area contributed by atoms with Crippen molar-refractivity contribution in [2.24, 2.45) is 11.8 Å². The molecule has 2 amide bonds. The van der Waals surface area contributed by atoms with Crippen LogP contribution in [0.3, 0.4) is 0 Å². The third-order valence-electron chi connectivity index (χ3n) is 11.4. The zero-order valence-corrected chi connectivity index (χ0v) is 40.1. The normalized spacial score (nSPS) is 11.4. The average molecular weight is 925 g/mol. The average Bonchev–Trinajstić information content (AvgIpc) is 3.95. The number of benzene rings is 6. The van der Waals surface area contributed by atoms with Crippen LogP contribution in [0, 0.1) is 11.8 Å². The van der Waals surface area contributed by atoms with E-state index in [1.165, 1.54) is 33.4 Å². The van der Waals surface area contributed by atoms with Gasteiger partial charge in [-0.15, -0.1) is 0 Å². The lowest BCUT2D eigenvalue weighted by Crippen LogP contribution is -2.33. The van der Waals surface area contributed by atoms with Crippen LogP contribution in [0.15, 0.2) is 158 Å². The number of hydrogen-bond acceptors (Lipinski definition) is 8. The smallest absolute Gasteiger partial charge is 0.350 e. The van der Waals surface area contributed by atoms with Crippen molar-refractivity contribution in [3.63, 3.8) is 0 Å². The molecule has 2 aromatic heterocycles. The van der Waals surface area contributed by atoms with E-state index in [1.807, 2.05) is 68.1 Å². The highest BCUT2D eigenvalue weighted by molar-refractivity contribution is 5.98. The summed E-state index contributed by atoms with van der Waals surface area (Å²) in [5, 5.41) is 6.19. The molecule has 0 fully saturated rings. The fourth-order valence-electron chi connectivity index (χ4n) is 7.96. The first-order valence-electron chi connectivity index (χ1n) is 23.1.